The van der Waals surface area contributed by atoms with E-state index in [0.29, 0.717) is 5.92 Å². The van der Waals surface area contributed by atoms with Gasteiger partial charge in [0.25, 0.3) is 0 Å². The minimum Gasteiger partial charge on any atom is -0.463 e. The summed E-state index contributed by atoms with van der Waals surface area (Å²) in [5, 5.41) is 0. The Morgan fingerprint density at radius 2 is 2.22 bits per heavy atom. The lowest BCUT2D eigenvalue weighted by Gasteiger charge is -2.26. The molecule has 128 valence electrons. The van der Waals surface area contributed by atoms with E-state index in [1.807, 2.05) is 24.9 Å². The molecule has 1 saturated heterocycles. The molecular formula is C17H26N2O4. The molecule has 1 fully saturated rings. The lowest BCUT2D eigenvalue weighted by atomic mass is 10.1. The van der Waals surface area contributed by atoms with E-state index in [1.54, 1.807) is 6.92 Å². The van der Waals surface area contributed by atoms with Crippen LogP contribution in [0.1, 0.15) is 48.2 Å². The Balaban J connectivity index is 1.99. The van der Waals surface area contributed by atoms with E-state index in [9.17, 15) is 9.59 Å². The lowest BCUT2D eigenvalue weighted by Crippen LogP contribution is -2.31. The summed E-state index contributed by atoms with van der Waals surface area (Å²) in [6.07, 6.45) is 1.03. The molecule has 1 aliphatic rings. The Morgan fingerprint density at radius 1 is 1.52 bits per heavy atom. The molecule has 2 heterocycles. The van der Waals surface area contributed by atoms with E-state index in [0.717, 1.165) is 37.4 Å². The fourth-order valence-electron chi connectivity index (χ4n) is 3.06. The van der Waals surface area contributed by atoms with Crippen LogP contribution in [0, 0.1) is 12.8 Å². The quantitative estimate of drug-likeness (QED) is 0.778. The van der Waals surface area contributed by atoms with Crippen LogP contribution >= 0.6 is 0 Å². The number of amides is 1. The second-order valence-corrected chi connectivity index (χ2v) is 6.39. The van der Waals surface area contributed by atoms with E-state index in [2.05, 4.69) is 11.8 Å². The van der Waals surface area contributed by atoms with E-state index in [-0.39, 0.29) is 17.7 Å². The molecule has 0 aliphatic carbocycles. The topological polar surface area (TPSA) is 63.0 Å². The number of ether oxygens (including phenoxy) is 1. The van der Waals surface area contributed by atoms with Gasteiger partial charge >= 0.3 is 5.97 Å². The van der Waals surface area contributed by atoms with E-state index in [4.69, 9.17) is 9.15 Å². The Hall–Kier alpha value is -1.82. The second kappa shape index (κ2) is 7.17. The number of furan rings is 1. The lowest BCUT2D eigenvalue weighted by molar-refractivity contribution is -0.127. The van der Waals surface area contributed by atoms with Gasteiger partial charge in [0, 0.05) is 32.1 Å². The number of hydrogen-bond donors (Lipinski definition) is 0. The average Bonchev–Trinajstić information content (AvgIpc) is 3.12. The maximum absolute atomic E-state index is 11.7. The third-order valence-corrected chi connectivity index (χ3v) is 4.66. The number of nitrogens with zero attached hydrogens (tertiary/aromatic N) is 2. The van der Waals surface area contributed by atoms with Crippen molar-refractivity contribution >= 4 is 11.9 Å². The fourth-order valence-corrected chi connectivity index (χ4v) is 3.06. The number of hydrogen-bond acceptors (Lipinski definition) is 5. The van der Waals surface area contributed by atoms with Gasteiger partial charge in [-0.2, -0.15) is 0 Å². The van der Waals surface area contributed by atoms with Crippen LogP contribution in [0.15, 0.2) is 10.5 Å². The van der Waals surface area contributed by atoms with Crippen LogP contribution in [-0.4, -0.2) is 55.5 Å². The first-order chi connectivity index (χ1) is 10.8. The zero-order chi connectivity index (χ0) is 17.1. The molecule has 0 spiro atoms. The van der Waals surface area contributed by atoms with Crippen molar-refractivity contribution < 1.29 is 18.7 Å². The summed E-state index contributed by atoms with van der Waals surface area (Å²) in [6.45, 7) is 8.06. The zero-order valence-corrected chi connectivity index (χ0v) is 14.6. The molecule has 6 heteroatoms. The maximum Gasteiger partial charge on any atom is 0.374 e. The number of carbonyl (C=O) groups excluding carboxylic acids is 2. The SMILES string of the molecule is COC(=O)c1oc([C@@H](C)N(C)C[C@H]2CCN(C(C)=O)C2)cc1C. The van der Waals surface area contributed by atoms with Gasteiger partial charge in [-0.05, 0) is 39.3 Å². The number of esters is 1. The highest BCUT2D eigenvalue weighted by molar-refractivity contribution is 5.87. The van der Waals surface area contributed by atoms with Gasteiger partial charge in [0.05, 0.1) is 13.2 Å². The van der Waals surface area contributed by atoms with Crippen molar-refractivity contribution in [3.8, 4) is 0 Å². The largest absolute Gasteiger partial charge is 0.463 e. The summed E-state index contributed by atoms with van der Waals surface area (Å²) in [5.74, 6) is 1.20. The molecular weight excluding hydrogens is 296 g/mol. The Kier molecular flexibility index (Phi) is 5.46. The first-order valence-electron chi connectivity index (χ1n) is 7.97. The first kappa shape index (κ1) is 17.5. The summed E-state index contributed by atoms with van der Waals surface area (Å²) in [5.41, 5.74) is 0.788. The van der Waals surface area contributed by atoms with Gasteiger partial charge in [0.2, 0.25) is 11.7 Å². The van der Waals surface area contributed by atoms with E-state index in [1.165, 1.54) is 7.11 Å². The van der Waals surface area contributed by atoms with Crippen molar-refractivity contribution in [3.05, 3.63) is 23.2 Å². The van der Waals surface area contributed by atoms with E-state index < -0.39 is 5.97 Å². The van der Waals surface area contributed by atoms with Crippen molar-refractivity contribution in [3.63, 3.8) is 0 Å². The maximum atomic E-state index is 11.7. The minimum absolute atomic E-state index is 0.0542. The van der Waals surface area contributed by atoms with Crippen molar-refractivity contribution in [2.45, 2.75) is 33.2 Å². The molecule has 2 rings (SSSR count). The van der Waals surface area contributed by atoms with Gasteiger partial charge in [0.1, 0.15) is 5.76 Å². The summed E-state index contributed by atoms with van der Waals surface area (Å²) in [6, 6.07) is 1.95. The van der Waals surface area contributed by atoms with Gasteiger partial charge in [-0.1, -0.05) is 0 Å². The molecule has 1 aromatic heterocycles. The highest BCUT2D eigenvalue weighted by Gasteiger charge is 2.28. The predicted molar refractivity (Wildman–Crippen MR) is 86.2 cm³/mol. The third kappa shape index (κ3) is 3.93. The van der Waals surface area contributed by atoms with Gasteiger partial charge in [0.15, 0.2) is 0 Å². The molecule has 2 atom stereocenters. The summed E-state index contributed by atoms with van der Waals surface area (Å²) in [7, 11) is 3.39. The normalized spacial score (nSPS) is 19.2. The number of likely N-dealkylation sites (tertiary alicyclic amines) is 1. The molecule has 1 aromatic rings. The van der Waals surface area contributed by atoms with Crippen LogP contribution in [0.25, 0.3) is 0 Å². The monoisotopic (exact) mass is 322 g/mol. The Bertz CT molecular complexity index is 581. The highest BCUT2D eigenvalue weighted by Crippen LogP contribution is 2.27. The standard InChI is InChI=1S/C17H26N2O4/c1-11-8-15(23-16(11)17(21)22-5)12(2)18(4)9-14-6-7-19(10-14)13(3)20/h8,12,14H,6-7,9-10H2,1-5H3/t12-,14-/m1/s1. The van der Waals surface area contributed by atoms with Crippen LogP contribution < -0.4 is 0 Å². The van der Waals surface area contributed by atoms with Gasteiger partial charge in [-0.15, -0.1) is 0 Å². The van der Waals surface area contributed by atoms with Crippen LogP contribution in [0.2, 0.25) is 0 Å². The highest BCUT2D eigenvalue weighted by atomic mass is 16.5. The molecule has 1 aliphatic heterocycles. The first-order valence-corrected chi connectivity index (χ1v) is 7.97. The third-order valence-electron chi connectivity index (χ3n) is 4.66. The van der Waals surface area contributed by atoms with Crippen molar-refractivity contribution in [1.29, 1.82) is 0 Å². The Morgan fingerprint density at radius 3 is 2.78 bits per heavy atom. The van der Waals surface area contributed by atoms with Crippen LogP contribution in [0.5, 0.6) is 0 Å². The molecule has 0 bridgehead atoms. The zero-order valence-electron chi connectivity index (χ0n) is 14.6. The molecule has 0 aromatic carbocycles. The van der Waals surface area contributed by atoms with Crippen LogP contribution in [0.3, 0.4) is 0 Å². The van der Waals surface area contributed by atoms with Crippen molar-refractivity contribution in [2.75, 3.05) is 33.8 Å². The van der Waals surface area contributed by atoms with E-state index >= 15 is 0 Å². The number of carbonyl (C=O) groups is 2. The second-order valence-electron chi connectivity index (χ2n) is 6.39. The number of aryl methyl sites for hydroxylation is 1. The summed E-state index contributed by atoms with van der Waals surface area (Å²) >= 11 is 0. The number of rotatable bonds is 5. The molecule has 0 unspecified atom stereocenters. The minimum atomic E-state index is -0.448. The number of methoxy groups -OCH3 is 1. The van der Waals surface area contributed by atoms with Crippen LogP contribution in [0.4, 0.5) is 0 Å². The fraction of sp³-hybridized carbons (Fsp3) is 0.647. The predicted octanol–water partition coefficient (Wildman–Crippen LogP) is 2.24. The molecule has 0 radical (unpaired) electrons. The van der Waals surface area contributed by atoms with Gasteiger partial charge in [-0.25, -0.2) is 4.79 Å². The van der Waals surface area contributed by atoms with Gasteiger partial charge < -0.3 is 14.1 Å². The average molecular weight is 322 g/mol. The summed E-state index contributed by atoms with van der Waals surface area (Å²) < 4.78 is 10.4. The van der Waals surface area contributed by atoms with Gasteiger partial charge in [-0.3, -0.25) is 9.69 Å². The molecule has 6 nitrogen and oxygen atoms in total. The Labute approximate surface area is 137 Å². The summed E-state index contributed by atoms with van der Waals surface area (Å²) in [4.78, 5) is 27.2. The molecule has 0 saturated carbocycles. The smallest absolute Gasteiger partial charge is 0.374 e. The molecule has 0 N–H and O–H groups in total. The van der Waals surface area contributed by atoms with Crippen molar-refractivity contribution in [1.82, 2.24) is 9.80 Å². The van der Waals surface area contributed by atoms with Crippen molar-refractivity contribution in [2.24, 2.45) is 5.92 Å². The molecule has 1 amide bonds. The van der Waals surface area contributed by atoms with Crippen LogP contribution in [-0.2, 0) is 9.53 Å². The molecule has 23 heavy (non-hydrogen) atoms.